The summed E-state index contributed by atoms with van der Waals surface area (Å²) in [6, 6.07) is 5.78. The molecule has 3 nitrogen and oxygen atoms in total. The summed E-state index contributed by atoms with van der Waals surface area (Å²) in [7, 11) is 0. The Bertz CT molecular complexity index is 646. The molecule has 2 rings (SSSR count). The number of carbonyl (C=O) groups excluding carboxylic acids is 1. The number of benzene rings is 1. The Kier molecular flexibility index (Phi) is 3.68. The average molecular weight is 282 g/mol. The molecule has 1 heterocycles. The normalized spacial score (nSPS) is 11.9. The van der Waals surface area contributed by atoms with Crippen LogP contribution < -0.4 is 0 Å². The fraction of sp³-hybridized carbons (Fsp3) is 0.231. The Labute approximate surface area is 114 Å². The van der Waals surface area contributed by atoms with Crippen molar-refractivity contribution in [2.24, 2.45) is 5.16 Å². The van der Waals surface area contributed by atoms with Crippen molar-refractivity contribution in [2.45, 2.75) is 20.8 Å². The van der Waals surface area contributed by atoms with Gasteiger partial charge in [-0.15, -0.1) is 11.3 Å². The van der Waals surface area contributed by atoms with E-state index in [4.69, 9.17) is 11.6 Å². The second kappa shape index (κ2) is 5.08. The molecule has 2 aromatic rings. The zero-order valence-corrected chi connectivity index (χ0v) is 11.9. The SMILES string of the molecule is CC(=O)O/N=C(/C)c1sc2ccc(Cl)cc2c1C. The number of carbonyl (C=O) groups is 1. The van der Waals surface area contributed by atoms with Crippen LogP contribution in [0.4, 0.5) is 0 Å². The number of hydrogen-bond donors (Lipinski definition) is 0. The van der Waals surface area contributed by atoms with Crippen LogP contribution in [0.5, 0.6) is 0 Å². The molecule has 0 saturated heterocycles. The van der Waals surface area contributed by atoms with Gasteiger partial charge in [0, 0.05) is 16.6 Å². The van der Waals surface area contributed by atoms with Gasteiger partial charge >= 0.3 is 5.97 Å². The van der Waals surface area contributed by atoms with Gasteiger partial charge in [-0.05, 0) is 43.0 Å². The van der Waals surface area contributed by atoms with Crippen LogP contribution in [-0.4, -0.2) is 11.7 Å². The number of rotatable bonds is 2. The topological polar surface area (TPSA) is 38.7 Å². The number of oxime groups is 1. The summed E-state index contributed by atoms with van der Waals surface area (Å²) in [5, 5.41) is 5.64. The van der Waals surface area contributed by atoms with Crippen molar-refractivity contribution in [1.29, 1.82) is 0 Å². The highest BCUT2D eigenvalue weighted by molar-refractivity contribution is 7.21. The van der Waals surface area contributed by atoms with Crippen LogP contribution in [0.3, 0.4) is 0 Å². The Morgan fingerprint density at radius 1 is 1.39 bits per heavy atom. The number of hydrogen-bond acceptors (Lipinski definition) is 4. The highest BCUT2D eigenvalue weighted by Crippen LogP contribution is 2.33. The van der Waals surface area contributed by atoms with Crippen molar-refractivity contribution in [3.8, 4) is 0 Å². The Balaban J connectivity index is 2.49. The van der Waals surface area contributed by atoms with E-state index in [0.717, 1.165) is 20.5 Å². The molecule has 1 aromatic carbocycles. The summed E-state index contributed by atoms with van der Waals surface area (Å²) in [6.07, 6.45) is 0. The van der Waals surface area contributed by atoms with Gasteiger partial charge in [0.05, 0.1) is 10.6 Å². The van der Waals surface area contributed by atoms with E-state index in [1.54, 1.807) is 11.3 Å². The molecule has 0 N–H and O–H groups in total. The molecule has 0 fully saturated rings. The van der Waals surface area contributed by atoms with Crippen LogP contribution in [0.25, 0.3) is 10.1 Å². The lowest BCUT2D eigenvalue weighted by Gasteiger charge is -1.98. The Hall–Kier alpha value is -1.39. The molecule has 0 aliphatic heterocycles. The predicted molar refractivity (Wildman–Crippen MR) is 75.5 cm³/mol. The van der Waals surface area contributed by atoms with Gasteiger partial charge in [-0.25, -0.2) is 4.79 Å². The van der Waals surface area contributed by atoms with Crippen LogP contribution in [0.1, 0.15) is 24.3 Å². The number of halogens is 1. The minimum atomic E-state index is -0.420. The molecule has 0 bridgehead atoms. The molecule has 0 radical (unpaired) electrons. The molecule has 18 heavy (non-hydrogen) atoms. The first kappa shape index (κ1) is 13.1. The van der Waals surface area contributed by atoms with Gasteiger partial charge in [0.1, 0.15) is 0 Å². The fourth-order valence-corrected chi connectivity index (χ4v) is 3.01. The molecule has 5 heteroatoms. The van der Waals surface area contributed by atoms with Crippen LogP contribution in [0.15, 0.2) is 23.4 Å². The van der Waals surface area contributed by atoms with Crippen LogP contribution >= 0.6 is 22.9 Å². The van der Waals surface area contributed by atoms with Crippen LogP contribution in [0.2, 0.25) is 5.02 Å². The van der Waals surface area contributed by atoms with E-state index in [1.807, 2.05) is 32.0 Å². The predicted octanol–water partition coefficient (Wildman–Crippen LogP) is 4.15. The summed E-state index contributed by atoms with van der Waals surface area (Å²) in [4.78, 5) is 16.4. The third-order valence-electron chi connectivity index (χ3n) is 2.54. The molecule has 94 valence electrons. The summed E-state index contributed by atoms with van der Waals surface area (Å²) in [5.74, 6) is -0.420. The standard InChI is InChI=1S/C13H12ClNO2S/c1-7-11-6-10(14)4-5-12(11)18-13(7)8(2)15-17-9(3)16/h4-6H,1-3H3/b15-8-. The number of nitrogens with zero attached hydrogens (tertiary/aromatic N) is 1. The lowest BCUT2D eigenvalue weighted by atomic mass is 10.1. The molecule has 0 aliphatic rings. The number of aryl methyl sites for hydroxylation is 1. The summed E-state index contributed by atoms with van der Waals surface area (Å²) < 4.78 is 1.14. The van der Waals surface area contributed by atoms with E-state index in [9.17, 15) is 4.79 Å². The van der Waals surface area contributed by atoms with E-state index in [2.05, 4.69) is 9.99 Å². The molecule has 0 atom stereocenters. The van der Waals surface area contributed by atoms with Gasteiger partial charge in [0.25, 0.3) is 0 Å². The van der Waals surface area contributed by atoms with E-state index >= 15 is 0 Å². The molecule has 0 unspecified atom stereocenters. The lowest BCUT2D eigenvalue weighted by Crippen LogP contribution is -1.98. The van der Waals surface area contributed by atoms with Crippen molar-refractivity contribution in [3.63, 3.8) is 0 Å². The molecular formula is C13H12ClNO2S. The molecule has 0 aliphatic carbocycles. The average Bonchev–Trinajstić information content (AvgIpc) is 2.64. The molecule has 1 aromatic heterocycles. The molecule has 0 spiro atoms. The minimum Gasteiger partial charge on any atom is -0.318 e. The highest BCUT2D eigenvalue weighted by atomic mass is 35.5. The monoisotopic (exact) mass is 281 g/mol. The smallest absolute Gasteiger partial charge is 0.318 e. The lowest BCUT2D eigenvalue weighted by molar-refractivity contribution is -0.140. The second-order valence-electron chi connectivity index (χ2n) is 3.96. The fourth-order valence-electron chi connectivity index (χ4n) is 1.71. The summed E-state index contributed by atoms with van der Waals surface area (Å²) in [5.41, 5.74) is 1.80. The molecular weight excluding hydrogens is 270 g/mol. The maximum absolute atomic E-state index is 10.7. The minimum absolute atomic E-state index is 0.420. The van der Waals surface area contributed by atoms with E-state index in [-0.39, 0.29) is 0 Å². The van der Waals surface area contributed by atoms with Gasteiger partial charge in [0.2, 0.25) is 0 Å². The van der Waals surface area contributed by atoms with E-state index in [1.165, 1.54) is 6.92 Å². The van der Waals surface area contributed by atoms with E-state index < -0.39 is 5.97 Å². The summed E-state index contributed by atoms with van der Waals surface area (Å²) in [6.45, 7) is 5.16. The van der Waals surface area contributed by atoms with Crippen molar-refractivity contribution in [3.05, 3.63) is 33.7 Å². The Morgan fingerprint density at radius 2 is 2.11 bits per heavy atom. The quantitative estimate of drug-likeness (QED) is 0.471. The van der Waals surface area contributed by atoms with Gasteiger partial charge in [0.15, 0.2) is 0 Å². The van der Waals surface area contributed by atoms with Gasteiger partial charge < -0.3 is 4.84 Å². The zero-order valence-electron chi connectivity index (χ0n) is 10.3. The highest BCUT2D eigenvalue weighted by Gasteiger charge is 2.11. The second-order valence-corrected chi connectivity index (χ2v) is 5.44. The third kappa shape index (κ3) is 2.54. The third-order valence-corrected chi connectivity index (χ3v) is 4.15. The largest absolute Gasteiger partial charge is 0.331 e. The van der Waals surface area contributed by atoms with E-state index in [0.29, 0.717) is 10.7 Å². The zero-order chi connectivity index (χ0) is 13.3. The number of thiophene rings is 1. The number of fused-ring (bicyclic) bond motifs is 1. The Morgan fingerprint density at radius 3 is 2.78 bits per heavy atom. The van der Waals surface area contributed by atoms with Crippen molar-refractivity contribution >= 4 is 44.7 Å². The van der Waals surface area contributed by atoms with Crippen LogP contribution in [0, 0.1) is 6.92 Å². The maximum atomic E-state index is 10.7. The molecule has 0 saturated carbocycles. The van der Waals surface area contributed by atoms with Crippen molar-refractivity contribution in [1.82, 2.24) is 0 Å². The van der Waals surface area contributed by atoms with Gasteiger partial charge in [-0.1, -0.05) is 16.8 Å². The molecule has 0 amide bonds. The van der Waals surface area contributed by atoms with Crippen molar-refractivity contribution in [2.75, 3.05) is 0 Å². The van der Waals surface area contributed by atoms with Gasteiger partial charge in [-0.2, -0.15) is 0 Å². The maximum Gasteiger partial charge on any atom is 0.331 e. The first-order valence-electron chi connectivity index (χ1n) is 5.40. The first-order valence-corrected chi connectivity index (χ1v) is 6.59. The van der Waals surface area contributed by atoms with Gasteiger partial charge in [-0.3, -0.25) is 0 Å². The summed E-state index contributed by atoms with van der Waals surface area (Å²) >= 11 is 7.60. The van der Waals surface area contributed by atoms with Crippen LogP contribution in [-0.2, 0) is 9.63 Å². The van der Waals surface area contributed by atoms with Crippen molar-refractivity contribution < 1.29 is 9.63 Å². The first-order chi connectivity index (χ1) is 8.49.